The van der Waals surface area contributed by atoms with Gasteiger partial charge < -0.3 is 14.6 Å². The molecule has 0 fully saturated rings. The fourth-order valence-corrected chi connectivity index (χ4v) is 1.86. The van der Waals surface area contributed by atoms with Crippen LogP contribution >= 0.6 is 0 Å². The van der Waals surface area contributed by atoms with Gasteiger partial charge in [0.2, 0.25) is 5.95 Å². The number of rotatable bonds is 5. The van der Waals surface area contributed by atoms with Gasteiger partial charge in [-0.15, -0.1) is 0 Å². The second-order valence-corrected chi connectivity index (χ2v) is 4.50. The zero-order chi connectivity index (χ0) is 13.8. The summed E-state index contributed by atoms with van der Waals surface area (Å²) in [6, 6.07) is 4.95. The standard InChI is InChI=1S/C14H18FN3O/c1-10-4-5-12(15)13(8-10)17-14-16-11(2)9-18(14)6-7-19-3/h4-5,8-9H,6-7H2,1-3H3,(H,16,17). The molecule has 1 heterocycles. The van der Waals surface area contributed by atoms with Crippen LogP contribution in [0.15, 0.2) is 24.4 Å². The maximum absolute atomic E-state index is 13.7. The van der Waals surface area contributed by atoms with Gasteiger partial charge in [0.1, 0.15) is 5.82 Å². The first-order chi connectivity index (χ1) is 9.10. The second-order valence-electron chi connectivity index (χ2n) is 4.50. The number of anilines is 2. The van der Waals surface area contributed by atoms with Gasteiger partial charge in [-0.1, -0.05) is 6.07 Å². The Hall–Kier alpha value is -1.88. The van der Waals surface area contributed by atoms with Crippen molar-refractivity contribution in [2.24, 2.45) is 0 Å². The molecule has 0 bridgehead atoms. The highest BCUT2D eigenvalue weighted by Gasteiger charge is 2.09. The summed E-state index contributed by atoms with van der Waals surface area (Å²) in [7, 11) is 1.65. The van der Waals surface area contributed by atoms with E-state index in [0.29, 0.717) is 24.8 Å². The van der Waals surface area contributed by atoms with Gasteiger partial charge in [-0.2, -0.15) is 0 Å². The van der Waals surface area contributed by atoms with Crippen molar-refractivity contribution in [2.45, 2.75) is 20.4 Å². The molecule has 0 aliphatic rings. The van der Waals surface area contributed by atoms with Gasteiger partial charge in [0.25, 0.3) is 0 Å². The average molecular weight is 263 g/mol. The van der Waals surface area contributed by atoms with Crippen molar-refractivity contribution in [3.63, 3.8) is 0 Å². The van der Waals surface area contributed by atoms with Crippen LogP contribution in [0.2, 0.25) is 0 Å². The molecule has 2 aromatic rings. The third kappa shape index (κ3) is 3.32. The summed E-state index contributed by atoms with van der Waals surface area (Å²) in [6.45, 7) is 5.09. The van der Waals surface area contributed by atoms with Crippen molar-refractivity contribution < 1.29 is 9.13 Å². The van der Waals surface area contributed by atoms with E-state index in [9.17, 15) is 4.39 Å². The van der Waals surface area contributed by atoms with Crippen LogP contribution < -0.4 is 5.32 Å². The Kier molecular flexibility index (Phi) is 4.16. The van der Waals surface area contributed by atoms with Gasteiger partial charge in [0, 0.05) is 19.9 Å². The van der Waals surface area contributed by atoms with Crippen molar-refractivity contribution in [1.82, 2.24) is 9.55 Å². The van der Waals surface area contributed by atoms with E-state index in [1.807, 2.05) is 24.6 Å². The van der Waals surface area contributed by atoms with E-state index in [1.54, 1.807) is 19.2 Å². The van der Waals surface area contributed by atoms with Crippen molar-refractivity contribution in [1.29, 1.82) is 0 Å². The van der Waals surface area contributed by atoms with Gasteiger partial charge in [0.05, 0.1) is 18.0 Å². The molecule has 2 rings (SSSR count). The van der Waals surface area contributed by atoms with Crippen LogP contribution in [0.5, 0.6) is 0 Å². The van der Waals surface area contributed by atoms with Gasteiger partial charge in [-0.25, -0.2) is 9.37 Å². The molecule has 0 saturated carbocycles. The highest BCUT2D eigenvalue weighted by molar-refractivity contribution is 5.56. The van der Waals surface area contributed by atoms with E-state index >= 15 is 0 Å². The fourth-order valence-electron chi connectivity index (χ4n) is 1.86. The van der Waals surface area contributed by atoms with Crippen LogP contribution in [0.4, 0.5) is 16.0 Å². The SMILES string of the molecule is COCCn1cc(C)nc1Nc1cc(C)ccc1F. The van der Waals surface area contributed by atoms with E-state index in [0.717, 1.165) is 11.3 Å². The van der Waals surface area contributed by atoms with Gasteiger partial charge in [0.15, 0.2) is 0 Å². The predicted octanol–water partition coefficient (Wildman–Crippen LogP) is 3.03. The smallest absolute Gasteiger partial charge is 0.207 e. The Labute approximate surface area is 112 Å². The summed E-state index contributed by atoms with van der Waals surface area (Å²) >= 11 is 0. The Bertz CT molecular complexity index is 566. The van der Waals surface area contributed by atoms with E-state index in [1.165, 1.54) is 6.07 Å². The Morgan fingerprint density at radius 1 is 1.37 bits per heavy atom. The Balaban J connectivity index is 2.24. The molecular formula is C14H18FN3O. The summed E-state index contributed by atoms with van der Waals surface area (Å²) < 4.78 is 20.7. The number of benzene rings is 1. The fraction of sp³-hybridized carbons (Fsp3) is 0.357. The number of hydrogen-bond acceptors (Lipinski definition) is 3. The normalized spacial score (nSPS) is 10.7. The van der Waals surface area contributed by atoms with Crippen LogP contribution in [-0.2, 0) is 11.3 Å². The molecule has 0 radical (unpaired) electrons. The highest BCUT2D eigenvalue weighted by atomic mass is 19.1. The molecule has 19 heavy (non-hydrogen) atoms. The van der Waals surface area contributed by atoms with Crippen molar-refractivity contribution in [3.8, 4) is 0 Å². The Morgan fingerprint density at radius 3 is 2.89 bits per heavy atom. The number of imidazole rings is 1. The molecule has 1 N–H and O–H groups in total. The Morgan fingerprint density at radius 2 is 2.16 bits per heavy atom. The number of aryl methyl sites for hydroxylation is 2. The molecule has 0 aliphatic carbocycles. The van der Waals surface area contributed by atoms with Crippen LogP contribution in [-0.4, -0.2) is 23.3 Å². The summed E-state index contributed by atoms with van der Waals surface area (Å²) in [4.78, 5) is 4.36. The lowest BCUT2D eigenvalue weighted by Crippen LogP contribution is -2.08. The number of halogens is 1. The molecule has 4 nitrogen and oxygen atoms in total. The number of aromatic nitrogens is 2. The minimum atomic E-state index is -0.287. The van der Waals surface area contributed by atoms with Crippen molar-refractivity contribution in [3.05, 3.63) is 41.5 Å². The molecule has 0 unspecified atom stereocenters. The molecule has 5 heteroatoms. The third-order valence-corrected chi connectivity index (χ3v) is 2.80. The lowest BCUT2D eigenvalue weighted by molar-refractivity contribution is 0.188. The summed E-state index contributed by atoms with van der Waals surface area (Å²) in [6.07, 6.45) is 1.91. The molecule has 0 amide bonds. The van der Waals surface area contributed by atoms with Crippen LogP contribution in [0.3, 0.4) is 0 Å². The summed E-state index contributed by atoms with van der Waals surface area (Å²) in [5.41, 5.74) is 2.31. The van der Waals surface area contributed by atoms with Gasteiger partial charge in [-0.05, 0) is 31.5 Å². The quantitative estimate of drug-likeness (QED) is 0.901. The molecule has 0 aliphatic heterocycles. The molecular weight excluding hydrogens is 245 g/mol. The first-order valence-electron chi connectivity index (χ1n) is 6.16. The van der Waals surface area contributed by atoms with Gasteiger partial charge in [-0.3, -0.25) is 0 Å². The lowest BCUT2D eigenvalue weighted by atomic mass is 10.2. The molecule has 1 aromatic heterocycles. The molecule has 0 atom stereocenters. The first-order valence-corrected chi connectivity index (χ1v) is 6.16. The van der Waals surface area contributed by atoms with E-state index in [-0.39, 0.29) is 5.82 Å². The van der Waals surface area contributed by atoms with Crippen LogP contribution in [0, 0.1) is 19.7 Å². The number of methoxy groups -OCH3 is 1. The van der Waals surface area contributed by atoms with Crippen LogP contribution in [0.25, 0.3) is 0 Å². The maximum atomic E-state index is 13.7. The minimum Gasteiger partial charge on any atom is -0.383 e. The molecule has 0 saturated heterocycles. The largest absolute Gasteiger partial charge is 0.383 e. The first kappa shape index (κ1) is 13.5. The number of nitrogens with zero attached hydrogens (tertiary/aromatic N) is 2. The molecule has 1 aromatic carbocycles. The van der Waals surface area contributed by atoms with Crippen LogP contribution in [0.1, 0.15) is 11.3 Å². The molecule has 102 valence electrons. The number of hydrogen-bond donors (Lipinski definition) is 1. The highest BCUT2D eigenvalue weighted by Crippen LogP contribution is 2.21. The van der Waals surface area contributed by atoms with E-state index in [4.69, 9.17) is 4.74 Å². The summed E-state index contributed by atoms with van der Waals surface area (Å²) in [5, 5.41) is 3.03. The topological polar surface area (TPSA) is 39.1 Å². The minimum absolute atomic E-state index is 0.287. The van der Waals surface area contributed by atoms with Crippen molar-refractivity contribution in [2.75, 3.05) is 19.0 Å². The van der Waals surface area contributed by atoms with Crippen molar-refractivity contribution >= 4 is 11.6 Å². The summed E-state index contributed by atoms with van der Waals surface area (Å²) in [5.74, 6) is 0.337. The number of nitrogens with one attached hydrogen (secondary N) is 1. The average Bonchev–Trinajstić information content (AvgIpc) is 2.71. The van der Waals surface area contributed by atoms with Gasteiger partial charge >= 0.3 is 0 Å². The predicted molar refractivity (Wildman–Crippen MR) is 73.3 cm³/mol. The maximum Gasteiger partial charge on any atom is 0.207 e. The van der Waals surface area contributed by atoms with E-state index < -0.39 is 0 Å². The zero-order valence-electron chi connectivity index (χ0n) is 11.4. The number of ether oxygens (including phenoxy) is 1. The zero-order valence-corrected chi connectivity index (χ0v) is 11.4. The lowest BCUT2D eigenvalue weighted by Gasteiger charge is -2.10. The second kappa shape index (κ2) is 5.84. The monoisotopic (exact) mass is 263 g/mol. The molecule has 0 spiro atoms. The third-order valence-electron chi connectivity index (χ3n) is 2.80. The van der Waals surface area contributed by atoms with E-state index in [2.05, 4.69) is 10.3 Å².